The molecule has 0 aliphatic carbocycles. The number of benzene rings is 1. The predicted octanol–water partition coefficient (Wildman–Crippen LogP) is 3.70. The van der Waals surface area contributed by atoms with Gasteiger partial charge in [0.25, 0.3) is 0 Å². The molecule has 0 aliphatic rings. The predicted molar refractivity (Wildman–Crippen MR) is 64.0 cm³/mol. The number of carbonyl (C=O) groups is 1. The van der Waals surface area contributed by atoms with Gasteiger partial charge >= 0.3 is 11.5 Å². The first-order valence-corrected chi connectivity index (χ1v) is 6.15. The van der Waals surface area contributed by atoms with Crippen LogP contribution in [0.5, 0.6) is 0 Å². The van der Waals surface area contributed by atoms with E-state index in [0.29, 0.717) is 0 Å². The number of hydrogen-bond donors (Lipinski definition) is 0. The molecule has 1 rings (SSSR count). The Bertz CT molecular complexity index is 540. The van der Waals surface area contributed by atoms with Crippen molar-refractivity contribution in [3.63, 3.8) is 0 Å². The van der Waals surface area contributed by atoms with Gasteiger partial charge in [0, 0.05) is 10.8 Å². The average Bonchev–Trinajstić information content (AvgIpc) is 2.35. The van der Waals surface area contributed by atoms with Crippen molar-refractivity contribution in [1.82, 2.24) is 0 Å². The van der Waals surface area contributed by atoms with Gasteiger partial charge in [-0.3, -0.25) is 0 Å². The molecule has 0 radical (unpaired) electrons. The van der Waals surface area contributed by atoms with Crippen LogP contribution in [0.4, 0.5) is 13.2 Å². The van der Waals surface area contributed by atoms with Gasteiger partial charge in [0.2, 0.25) is 0 Å². The van der Waals surface area contributed by atoms with Crippen LogP contribution in [-0.4, -0.2) is 18.6 Å². The topological polar surface area (TPSA) is 50.1 Å². The molecule has 0 saturated carbocycles. The molecular formula is C11H7ClF3NO2S. The van der Waals surface area contributed by atoms with Crippen LogP contribution >= 0.6 is 23.4 Å². The summed E-state index contributed by atoms with van der Waals surface area (Å²) in [5.41, 5.74) is -4.91. The quantitative estimate of drug-likeness (QED) is 0.485. The number of methoxy groups -OCH3 is 1. The van der Waals surface area contributed by atoms with E-state index in [-0.39, 0.29) is 27.5 Å². The Hall–Kier alpha value is -1.39. The fraction of sp³-hybridized carbons (Fsp3) is 0.273. The standard InChI is InChI=1S/C11H7ClF3NO2S/c1-18-10(17)7-3-2-6(5-16)9(8(7)4-12)19-11(13,14)15/h2-3H,4H2,1H3. The fourth-order valence-electron chi connectivity index (χ4n) is 1.38. The highest BCUT2D eigenvalue weighted by atomic mass is 35.5. The summed E-state index contributed by atoms with van der Waals surface area (Å²) in [6.45, 7) is 0. The normalized spacial score (nSPS) is 10.9. The monoisotopic (exact) mass is 309 g/mol. The van der Waals surface area contributed by atoms with Crippen LogP contribution in [0, 0.1) is 11.3 Å². The summed E-state index contributed by atoms with van der Waals surface area (Å²) in [6, 6.07) is 4.01. The van der Waals surface area contributed by atoms with E-state index >= 15 is 0 Å². The minimum Gasteiger partial charge on any atom is -0.465 e. The van der Waals surface area contributed by atoms with E-state index in [1.807, 2.05) is 0 Å². The van der Waals surface area contributed by atoms with Gasteiger partial charge in [0.05, 0.1) is 18.2 Å². The Morgan fingerprint density at radius 2 is 2.16 bits per heavy atom. The van der Waals surface area contributed by atoms with Crippen LogP contribution in [-0.2, 0) is 10.6 Å². The van der Waals surface area contributed by atoms with Crippen molar-refractivity contribution in [3.05, 3.63) is 28.8 Å². The molecule has 0 saturated heterocycles. The lowest BCUT2D eigenvalue weighted by Crippen LogP contribution is -2.09. The van der Waals surface area contributed by atoms with Crippen molar-refractivity contribution >= 4 is 29.3 Å². The van der Waals surface area contributed by atoms with Gasteiger partial charge in [0.15, 0.2) is 0 Å². The first-order valence-electron chi connectivity index (χ1n) is 4.80. The van der Waals surface area contributed by atoms with Gasteiger partial charge in [-0.1, -0.05) is 0 Å². The van der Waals surface area contributed by atoms with Crippen molar-refractivity contribution in [2.75, 3.05) is 7.11 Å². The molecule has 102 valence electrons. The minimum atomic E-state index is -4.58. The lowest BCUT2D eigenvalue weighted by Gasteiger charge is -2.14. The molecule has 1 aromatic carbocycles. The number of halogens is 4. The molecule has 0 spiro atoms. The second-order valence-electron chi connectivity index (χ2n) is 3.25. The SMILES string of the molecule is COC(=O)c1ccc(C#N)c(SC(F)(F)F)c1CCl. The van der Waals surface area contributed by atoms with Crippen LogP contribution in [0.1, 0.15) is 21.5 Å². The number of thioether (sulfide) groups is 1. The highest BCUT2D eigenvalue weighted by Gasteiger charge is 2.33. The summed E-state index contributed by atoms with van der Waals surface area (Å²) in [7, 11) is 1.11. The third-order valence-corrected chi connectivity index (χ3v) is 3.31. The number of esters is 1. The fourth-order valence-corrected chi connectivity index (χ4v) is 2.50. The second kappa shape index (κ2) is 6.17. The zero-order valence-electron chi connectivity index (χ0n) is 9.55. The minimum absolute atomic E-state index is 0.0603. The number of nitrogens with zero attached hydrogens (tertiary/aromatic N) is 1. The largest absolute Gasteiger partial charge is 0.465 e. The van der Waals surface area contributed by atoms with Crippen molar-refractivity contribution in [2.24, 2.45) is 0 Å². The van der Waals surface area contributed by atoms with Crippen molar-refractivity contribution in [2.45, 2.75) is 16.3 Å². The van der Waals surface area contributed by atoms with Gasteiger partial charge in [-0.2, -0.15) is 18.4 Å². The Morgan fingerprint density at radius 1 is 1.53 bits per heavy atom. The van der Waals surface area contributed by atoms with Gasteiger partial charge < -0.3 is 4.74 Å². The number of rotatable bonds is 3. The number of carbonyl (C=O) groups excluding carboxylic acids is 1. The van der Waals surface area contributed by atoms with E-state index in [0.717, 1.165) is 13.2 Å². The van der Waals surface area contributed by atoms with Crippen LogP contribution < -0.4 is 0 Å². The van der Waals surface area contributed by atoms with Crippen LogP contribution in [0.25, 0.3) is 0 Å². The molecule has 0 atom stereocenters. The molecule has 0 N–H and O–H groups in total. The van der Waals surface area contributed by atoms with E-state index in [1.54, 1.807) is 6.07 Å². The smallest absolute Gasteiger partial charge is 0.446 e. The van der Waals surface area contributed by atoms with Crippen molar-refractivity contribution in [3.8, 4) is 6.07 Å². The van der Waals surface area contributed by atoms with Gasteiger partial charge in [-0.25, -0.2) is 4.79 Å². The maximum Gasteiger partial charge on any atom is 0.446 e. The Balaban J connectivity index is 3.47. The molecule has 1 aromatic rings. The van der Waals surface area contributed by atoms with E-state index in [9.17, 15) is 18.0 Å². The maximum absolute atomic E-state index is 12.5. The first-order chi connectivity index (χ1) is 8.84. The lowest BCUT2D eigenvalue weighted by molar-refractivity contribution is -0.0328. The zero-order valence-corrected chi connectivity index (χ0v) is 11.1. The Kier molecular flexibility index (Phi) is 5.09. The Morgan fingerprint density at radius 3 is 2.58 bits per heavy atom. The molecule has 0 aromatic heterocycles. The van der Waals surface area contributed by atoms with Crippen LogP contribution in [0.15, 0.2) is 17.0 Å². The molecule has 0 fully saturated rings. The molecular weight excluding hydrogens is 303 g/mol. The van der Waals surface area contributed by atoms with E-state index < -0.39 is 23.2 Å². The summed E-state index contributed by atoms with van der Waals surface area (Å²) >= 11 is 5.13. The van der Waals surface area contributed by atoms with Crippen LogP contribution in [0.3, 0.4) is 0 Å². The summed E-state index contributed by atoms with van der Waals surface area (Å²) in [6.07, 6.45) is 0. The second-order valence-corrected chi connectivity index (χ2v) is 4.60. The molecule has 0 heterocycles. The van der Waals surface area contributed by atoms with Crippen molar-refractivity contribution in [1.29, 1.82) is 5.26 Å². The third kappa shape index (κ3) is 3.78. The number of nitriles is 1. The van der Waals surface area contributed by atoms with Crippen molar-refractivity contribution < 1.29 is 22.7 Å². The third-order valence-electron chi connectivity index (χ3n) is 2.14. The average molecular weight is 310 g/mol. The van der Waals surface area contributed by atoms with Crippen LogP contribution in [0.2, 0.25) is 0 Å². The molecule has 0 amide bonds. The summed E-state index contributed by atoms with van der Waals surface area (Å²) in [5, 5.41) is 8.83. The molecule has 3 nitrogen and oxygen atoms in total. The lowest BCUT2D eigenvalue weighted by atomic mass is 10.1. The molecule has 0 bridgehead atoms. The van der Waals surface area contributed by atoms with Gasteiger partial charge in [0.1, 0.15) is 6.07 Å². The zero-order chi connectivity index (χ0) is 14.6. The molecule has 0 aliphatic heterocycles. The Labute approximate surface area is 116 Å². The van der Waals surface area contributed by atoms with Gasteiger partial charge in [-0.15, -0.1) is 11.6 Å². The highest BCUT2D eigenvalue weighted by molar-refractivity contribution is 8.00. The maximum atomic E-state index is 12.5. The van der Waals surface area contributed by atoms with E-state index in [2.05, 4.69) is 4.74 Å². The number of ether oxygens (including phenoxy) is 1. The summed E-state index contributed by atoms with van der Waals surface area (Å²) in [4.78, 5) is 11.1. The molecule has 0 unspecified atom stereocenters. The van der Waals surface area contributed by atoms with E-state index in [1.165, 1.54) is 6.07 Å². The first kappa shape index (κ1) is 15.7. The highest BCUT2D eigenvalue weighted by Crippen LogP contribution is 2.41. The molecule has 8 heteroatoms. The van der Waals surface area contributed by atoms with Gasteiger partial charge in [-0.05, 0) is 29.5 Å². The molecule has 19 heavy (non-hydrogen) atoms. The number of alkyl halides is 4. The summed E-state index contributed by atoms with van der Waals surface area (Å²) < 4.78 is 41.9. The van der Waals surface area contributed by atoms with E-state index in [4.69, 9.17) is 16.9 Å². The summed E-state index contributed by atoms with van der Waals surface area (Å²) in [5.74, 6) is -1.14. The number of hydrogen-bond acceptors (Lipinski definition) is 4.